The first kappa shape index (κ1) is 21.1. The van der Waals surface area contributed by atoms with E-state index in [0.717, 1.165) is 0 Å². The molecular formula is C19H20N3O4PS. The molecule has 3 rings (SSSR count). The molecule has 0 fully saturated rings. The molecule has 0 radical (unpaired) electrons. The van der Waals surface area contributed by atoms with Crippen molar-refractivity contribution in [2.45, 2.75) is 0 Å². The van der Waals surface area contributed by atoms with Gasteiger partial charge in [-0.15, -0.1) is 0 Å². The minimum atomic E-state index is -3.22. The van der Waals surface area contributed by atoms with Crippen molar-refractivity contribution in [3.05, 3.63) is 72.8 Å². The summed E-state index contributed by atoms with van der Waals surface area (Å²) < 4.78 is 17.7. The zero-order valence-corrected chi connectivity index (χ0v) is 16.6. The van der Waals surface area contributed by atoms with Crippen LogP contribution in [0.1, 0.15) is 0 Å². The highest BCUT2D eigenvalue weighted by Crippen LogP contribution is 2.50. The summed E-state index contributed by atoms with van der Waals surface area (Å²) in [6, 6.07) is 20.5. The number of hydrogen-bond acceptors (Lipinski definition) is 8. The van der Waals surface area contributed by atoms with Crippen molar-refractivity contribution in [2.24, 2.45) is 0 Å². The topological polar surface area (TPSA) is 123 Å². The number of rotatable bonds is 6. The van der Waals surface area contributed by atoms with E-state index in [1.807, 2.05) is 6.79 Å². The molecule has 9 heteroatoms. The Hall–Kier alpha value is -3.22. The van der Waals surface area contributed by atoms with Crippen LogP contribution in [-0.4, -0.2) is 6.79 Å². The van der Waals surface area contributed by atoms with Crippen LogP contribution in [0.3, 0.4) is 0 Å². The number of nitrogen functional groups attached to an aromatic ring is 3. The summed E-state index contributed by atoms with van der Waals surface area (Å²) in [5.41, 5.74) is 19.0. The largest absolute Gasteiger partial charge is 0.490 e. The minimum Gasteiger partial charge on any atom is -0.407 e. The first-order valence-electron chi connectivity index (χ1n) is 7.96. The van der Waals surface area contributed by atoms with Gasteiger partial charge >= 0.3 is 6.72 Å². The summed E-state index contributed by atoms with van der Waals surface area (Å²) in [4.78, 5) is 8.00. The fourth-order valence-electron chi connectivity index (χ4n) is 2.03. The molecule has 6 N–H and O–H groups in total. The molecule has 0 bridgehead atoms. The molecule has 28 heavy (non-hydrogen) atoms. The Balaban J connectivity index is 0.00000136. The van der Waals surface area contributed by atoms with Crippen molar-refractivity contribution >= 4 is 42.4 Å². The second kappa shape index (κ2) is 9.64. The smallest absolute Gasteiger partial charge is 0.407 e. The van der Waals surface area contributed by atoms with E-state index in [1.165, 1.54) is 0 Å². The number of hydrogen-bond donors (Lipinski definition) is 3. The molecule has 0 aliphatic heterocycles. The highest BCUT2D eigenvalue weighted by atomic mass is 32.5. The van der Waals surface area contributed by atoms with Crippen molar-refractivity contribution in [1.82, 2.24) is 0 Å². The van der Waals surface area contributed by atoms with Gasteiger partial charge in [0.1, 0.15) is 24.0 Å². The van der Waals surface area contributed by atoms with Gasteiger partial charge in [0.2, 0.25) is 0 Å². The minimum absolute atomic E-state index is 0.494. The van der Waals surface area contributed by atoms with E-state index in [0.29, 0.717) is 34.3 Å². The standard InChI is InChI=1S/C18H18N3O3PS.CH2O/c19-13-1-7-16(8-2-13)22-25(26,23-17-9-3-14(20)4-10-17)24-18-11-5-15(21)6-12-18;1-2/h1-12H,19-21H2;1H2. The van der Waals surface area contributed by atoms with Crippen LogP contribution in [0.25, 0.3) is 0 Å². The third-order valence-electron chi connectivity index (χ3n) is 3.29. The van der Waals surface area contributed by atoms with Crippen LogP contribution in [0.15, 0.2) is 72.8 Å². The summed E-state index contributed by atoms with van der Waals surface area (Å²) in [5, 5.41) is 0. The number of carbonyl (C=O) groups excluding carboxylic acids is 1. The van der Waals surface area contributed by atoms with Crippen LogP contribution in [0.5, 0.6) is 17.2 Å². The van der Waals surface area contributed by atoms with Gasteiger partial charge in [-0.05, 0) is 72.8 Å². The average molecular weight is 417 g/mol. The maximum absolute atomic E-state index is 8.00. The Labute approximate surface area is 168 Å². The molecule has 0 amide bonds. The zero-order valence-electron chi connectivity index (χ0n) is 14.9. The average Bonchev–Trinajstić information content (AvgIpc) is 2.69. The zero-order chi connectivity index (χ0) is 20.6. The van der Waals surface area contributed by atoms with Gasteiger partial charge in [-0.3, -0.25) is 0 Å². The van der Waals surface area contributed by atoms with E-state index >= 15 is 0 Å². The summed E-state index contributed by atoms with van der Waals surface area (Å²) in [5.74, 6) is 1.48. The molecule has 0 atom stereocenters. The fourth-order valence-corrected chi connectivity index (χ4v) is 4.06. The maximum atomic E-state index is 8.00. The van der Waals surface area contributed by atoms with Gasteiger partial charge in [-0.2, -0.15) is 0 Å². The lowest BCUT2D eigenvalue weighted by atomic mass is 10.3. The number of nitrogens with two attached hydrogens (primary N) is 3. The first-order valence-corrected chi connectivity index (χ1v) is 10.5. The molecule has 0 unspecified atom stereocenters. The van der Waals surface area contributed by atoms with Crippen LogP contribution < -0.4 is 30.8 Å². The summed E-state index contributed by atoms with van der Waals surface area (Å²) in [6.45, 7) is -1.22. The van der Waals surface area contributed by atoms with Gasteiger partial charge in [-0.1, -0.05) is 0 Å². The highest BCUT2D eigenvalue weighted by Gasteiger charge is 2.26. The van der Waals surface area contributed by atoms with Crippen molar-refractivity contribution in [2.75, 3.05) is 17.2 Å². The number of carbonyl (C=O) groups is 1. The van der Waals surface area contributed by atoms with Crippen LogP contribution >= 0.6 is 6.72 Å². The van der Waals surface area contributed by atoms with E-state index in [2.05, 4.69) is 0 Å². The quantitative estimate of drug-likeness (QED) is 0.406. The highest BCUT2D eigenvalue weighted by molar-refractivity contribution is 8.08. The summed E-state index contributed by atoms with van der Waals surface area (Å²) in [7, 11) is 0. The lowest BCUT2D eigenvalue weighted by molar-refractivity contribution is -0.0979. The van der Waals surface area contributed by atoms with Crippen LogP contribution in [-0.2, 0) is 16.6 Å². The molecular weight excluding hydrogens is 397 g/mol. The third-order valence-corrected chi connectivity index (χ3v) is 5.27. The number of anilines is 3. The van der Waals surface area contributed by atoms with Crippen molar-refractivity contribution in [3.8, 4) is 17.2 Å². The Morgan fingerprint density at radius 3 is 1.00 bits per heavy atom. The summed E-state index contributed by atoms with van der Waals surface area (Å²) in [6.07, 6.45) is 0. The Morgan fingerprint density at radius 2 is 0.786 bits per heavy atom. The van der Waals surface area contributed by atoms with Gasteiger partial charge in [0.25, 0.3) is 0 Å². The van der Waals surface area contributed by atoms with E-state index in [-0.39, 0.29) is 0 Å². The van der Waals surface area contributed by atoms with Gasteiger partial charge < -0.3 is 35.6 Å². The van der Waals surface area contributed by atoms with Gasteiger partial charge in [0, 0.05) is 28.9 Å². The molecule has 3 aromatic rings. The number of benzene rings is 3. The van der Waals surface area contributed by atoms with Gasteiger partial charge in [0.05, 0.1) is 0 Å². The molecule has 0 aliphatic carbocycles. The van der Waals surface area contributed by atoms with E-state index in [9.17, 15) is 0 Å². The fraction of sp³-hybridized carbons (Fsp3) is 0. The molecule has 0 aromatic heterocycles. The predicted molar refractivity (Wildman–Crippen MR) is 116 cm³/mol. The molecule has 0 heterocycles. The third kappa shape index (κ3) is 6.19. The van der Waals surface area contributed by atoms with Gasteiger partial charge in [0.15, 0.2) is 0 Å². The van der Waals surface area contributed by atoms with Crippen LogP contribution in [0, 0.1) is 0 Å². The molecule has 7 nitrogen and oxygen atoms in total. The molecule has 0 spiro atoms. The van der Waals surface area contributed by atoms with Crippen LogP contribution in [0.4, 0.5) is 17.1 Å². The van der Waals surface area contributed by atoms with Gasteiger partial charge in [-0.25, -0.2) is 0 Å². The Morgan fingerprint density at radius 1 is 0.571 bits per heavy atom. The summed E-state index contributed by atoms with van der Waals surface area (Å²) >= 11 is 5.60. The second-order valence-corrected chi connectivity index (χ2v) is 8.21. The van der Waals surface area contributed by atoms with E-state index in [1.54, 1.807) is 72.8 Å². The molecule has 0 saturated carbocycles. The second-order valence-electron chi connectivity index (χ2n) is 5.43. The predicted octanol–water partition coefficient (Wildman–Crippen LogP) is 4.01. The van der Waals surface area contributed by atoms with E-state index in [4.69, 9.17) is 47.4 Å². The molecule has 0 aliphatic rings. The monoisotopic (exact) mass is 417 g/mol. The van der Waals surface area contributed by atoms with Crippen LogP contribution in [0.2, 0.25) is 0 Å². The molecule has 3 aromatic carbocycles. The maximum Gasteiger partial charge on any atom is 0.490 e. The normalized spacial score (nSPS) is 10.3. The Bertz CT molecular complexity index is 812. The van der Waals surface area contributed by atoms with Crippen molar-refractivity contribution < 1.29 is 18.4 Å². The molecule has 146 valence electrons. The Kier molecular flexibility index (Phi) is 7.26. The SMILES string of the molecule is C=O.Nc1ccc(OP(=S)(Oc2ccc(N)cc2)Oc2ccc(N)cc2)cc1. The first-order chi connectivity index (χ1) is 13.4. The lowest BCUT2D eigenvalue weighted by Crippen LogP contribution is -2.07. The molecule has 0 saturated heterocycles. The van der Waals surface area contributed by atoms with Crippen molar-refractivity contribution in [1.29, 1.82) is 0 Å². The lowest BCUT2D eigenvalue weighted by Gasteiger charge is -2.23. The van der Waals surface area contributed by atoms with E-state index < -0.39 is 6.72 Å². The van der Waals surface area contributed by atoms with Crippen molar-refractivity contribution in [3.63, 3.8) is 0 Å².